The number of aryl methyl sites for hydroxylation is 1. The second kappa shape index (κ2) is 7.23. The molecule has 1 aliphatic rings. The molecule has 6 nitrogen and oxygen atoms in total. The normalized spacial score (nSPS) is 17.1. The van der Waals surface area contributed by atoms with E-state index < -0.39 is 0 Å². The number of likely N-dealkylation sites (tertiary alicyclic amines) is 1. The summed E-state index contributed by atoms with van der Waals surface area (Å²) in [6.45, 7) is 3.46. The van der Waals surface area contributed by atoms with Gasteiger partial charge in [0.05, 0.1) is 6.20 Å². The third kappa shape index (κ3) is 3.56. The molecule has 0 unspecified atom stereocenters. The van der Waals surface area contributed by atoms with Crippen LogP contribution in [0.1, 0.15) is 40.5 Å². The van der Waals surface area contributed by atoms with E-state index >= 15 is 0 Å². The summed E-state index contributed by atoms with van der Waals surface area (Å²) in [7, 11) is 0. The zero-order chi connectivity index (χ0) is 18.8. The van der Waals surface area contributed by atoms with Crippen molar-refractivity contribution < 1.29 is 4.79 Å². The molecule has 1 aliphatic heterocycles. The highest BCUT2D eigenvalue weighted by Crippen LogP contribution is 2.33. The quantitative estimate of drug-likeness (QED) is 0.748. The molecule has 0 spiro atoms. The van der Waals surface area contributed by atoms with E-state index in [1.165, 1.54) is 5.56 Å². The SMILES string of the molecule is Cc1ccc(-c2cn[nH]c2[C@@H]2CCCN(C(=O)c3cc(N)ccn3)C2)cc1. The Kier molecular flexibility index (Phi) is 4.62. The van der Waals surface area contributed by atoms with E-state index in [2.05, 4.69) is 46.4 Å². The van der Waals surface area contributed by atoms with Crippen LogP contribution in [0.4, 0.5) is 5.69 Å². The zero-order valence-corrected chi connectivity index (χ0v) is 15.4. The Morgan fingerprint density at radius 1 is 1.26 bits per heavy atom. The van der Waals surface area contributed by atoms with Gasteiger partial charge in [-0.2, -0.15) is 5.10 Å². The number of carbonyl (C=O) groups excluding carboxylic acids is 1. The highest BCUT2D eigenvalue weighted by atomic mass is 16.2. The first kappa shape index (κ1) is 17.3. The summed E-state index contributed by atoms with van der Waals surface area (Å²) in [5, 5.41) is 7.45. The second-order valence-corrected chi connectivity index (χ2v) is 7.13. The average molecular weight is 361 g/mol. The molecule has 3 heterocycles. The molecule has 2 aromatic heterocycles. The van der Waals surface area contributed by atoms with E-state index in [0.29, 0.717) is 17.9 Å². The van der Waals surface area contributed by atoms with Gasteiger partial charge in [-0.05, 0) is 37.5 Å². The number of hydrogen-bond acceptors (Lipinski definition) is 4. The molecule has 3 aromatic rings. The minimum Gasteiger partial charge on any atom is -0.399 e. The van der Waals surface area contributed by atoms with Crippen LogP contribution in [0.5, 0.6) is 0 Å². The lowest BCUT2D eigenvalue weighted by atomic mass is 9.90. The van der Waals surface area contributed by atoms with E-state index in [9.17, 15) is 4.79 Å². The van der Waals surface area contributed by atoms with Crippen molar-refractivity contribution in [2.75, 3.05) is 18.8 Å². The third-order valence-electron chi connectivity index (χ3n) is 5.15. The maximum atomic E-state index is 12.8. The first-order valence-electron chi connectivity index (χ1n) is 9.23. The number of nitrogen functional groups attached to an aromatic ring is 1. The van der Waals surface area contributed by atoms with Crippen LogP contribution in [0.2, 0.25) is 0 Å². The van der Waals surface area contributed by atoms with E-state index in [0.717, 1.165) is 36.2 Å². The number of H-pyrrole nitrogens is 1. The number of amides is 1. The van der Waals surface area contributed by atoms with Gasteiger partial charge in [0, 0.05) is 42.1 Å². The predicted octanol–water partition coefficient (Wildman–Crippen LogP) is 3.38. The number of nitrogens with two attached hydrogens (primary N) is 1. The minimum absolute atomic E-state index is 0.0663. The molecule has 1 atom stereocenters. The van der Waals surface area contributed by atoms with Crippen molar-refractivity contribution in [3.05, 3.63) is 65.7 Å². The molecule has 0 bridgehead atoms. The third-order valence-corrected chi connectivity index (χ3v) is 5.15. The van der Waals surface area contributed by atoms with Gasteiger partial charge >= 0.3 is 0 Å². The van der Waals surface area contributed by atoms with Gasteiger partial charge in [0.2, 0.25) is 0 Å². The number of piperidine rings is 1. The fourth-order valence-electron chi connectivity index (χ4n) is 3.69. The predicted molar refractivity (Wildman–Crippen MR) is 105 cm³/mol. The minimum atomic E-state index is -0.0663. The number of benzene rings is 1. The van der Waals surface area contributed by atoms with E-state index in [1.54, 1.807) is 18.3 Å². The summed E-state index contributed by atoms with van der Waals surface area (Å²) in [6, 6.07) is 11.8. The first-order chi connectivity index (χ1) is 13.1. The summed E-state index contributed by atoms with van der Waals surface area (Å²) in [5.41, 5.74) is 11.3. The van der Waals surface area contributed by atoms with Crippen LogP contribution < -0.4 is 5.73 Å². The van der Waals surface area contributed by atoms with Crippen molar-refractivity contribution in [2.24, 2.45) is 0 Å². The van der Waals surface area contributed by atoms with Gasteiger partial charge in [-0.1, -0.05) is 29.8 Å². The van der Waals surface area contributed by atoms with Crippen molar-refractivity contribution in [3.8, 4) is 11.1 Å². The van der Waals surface area contributed by atoms with Crippen LogP contribution in [0.15, 0.2) is 48.8 Å². The summed E-state index contributed by atoms with van der Waals surface area (Å²) >= 11 is 0. The lowest BCUT2D eigenvalue weighted by Gasteiger charge is -2.32. The van der Waals surface area contributed by atoms with Crippen molar-refractivity contribution in [1.29, 1.82) is 0 Å². The van der Waals surface area contributed by atoms with E-state index in [-0.39, 0.29) is 11.8 Å². The fourth-order valence-corrected chi connectivity index (χ4v) is 3.69. The van der Waals surface area contributed by atoms with Crippen LogP contribution in [0.3, 0.4) is 0 Å². The molecule has 3 N–H and O–H groups in total. The van der Waals surface area contributed by atoms with Crippen LogP contribution >= 0.6 is 0 Å². The first-order valence-corrected chi connectivity index (χ1v) is 9.23. The van der Waals surface area contributed by atoms with Crippen LogP contribution in [-0.2, 0) is 0 Å². The van der Waals surface area contributed by atoms with Crippen LogP contribution in [0, 0.1) is 6.92 Å². The molecular formula is C21H23N5O. The molecule has 1 saturated heterocycles. The highest BCUT2D eigenvalue weighted by molar-refractivity contribution is 5.93. The molecule has 1 fully saturated rings. The van der Waals surface area contributed by atoms with Crippen molar-refractivity contribution in [2.45, 2.75) is 25.7 Å². The molecule has 1 amide bonds. The van der Waals surface area contributed by atoms with Gasteiger partial charge < -0.3 is 10.6 Å². The molecule has 138 valence electrons. The van der Waals surface area contributed by atoms with E-state index in [4.69, 9.17) is 5.73 Å². The summed E-state index contributed by atoms with van der Waals surface area (Å²) < 4.78 is 0. The lowest BCUT2D eigenvalue weighted by molar-refractivity contribution is 0.0700. The number of aromatic nitrogens is 3. The Balaban J connectivity index is 1.56. The van der Waals surface area contributed by atoms with Gasteiger partial charge in [0.15, 0.2) is 0 Å². The molecule has 6 heteroatoms. The molecule has 27 heavy (non-hydrogen) atoms. The van der Waals surface area contributed by atoms with Gasteiger partial charge in [-0.3, -0.25) is 14.9 Å². The largest absolute Gasteiger partial charge is 0.399 e. The topological polar surface area (TPSA) is 87.9 Å². The average Bonchev–Trinajstić information content (AvgIpc) is 3.18. The number of pyridine rings is 1. The summed E-state index contributed by atoms with van der Waals surface area (Å²) in [5.74, 6) is 0.158. The van der Waals surface area contributed by atoms with Crippen LogP contribution in [0.25, 0.3) is 11.1 Å². The molecule has 1 aromatic carbocycles. The monoisotopic (exact) mass is 361 g/mol. The maximum absolute atomic E-state index is 12.8. The molecule has 4 rings (SSSR count). The van der Waals surface area contributed by atoms with Gasteiger partial charge in [0.25, 0.3) is 5.91 Å². The standard InChI is InChI=1S/C21H23N5O/c1-14-4-6-15(7-5-14)18-12-24-25-20(18)16-3-2-10-26(13-16)21(27)19-11-17(22)8-9-23-19/h4-9,11-12,16H,2-3,10,13H2,1H3,(H2,22,23)(H,24,25)/t16-/m1/s1. The second-order valence-electron chi connectivity index (χ2n) is 7.13. The fraction of sp³-hybridized carbons (Fsp3) is 0.286. The number of anilines is 1. The number of carbonyl (C=O) groups is 1. The number of aromatic amines is 1. The van der Waals surface area contributed by atoms with Gasteiger partial charge in [-0.15, -0.1) is 0 Å². The van der Waals surface area contributed by atoms with Crippen molar-refractivity contribution >= 4 is 11.6 Å². The van der Waals surface area contributed by atoms with Crippen LogP contribution in [-0.4, -0.2) is 39.1 Å². The Labute approximate surface area is 158 Å². The summed E-state index contributed by atoms with van der Waals surface area (Å²) in [4.78, 5) is 18.9. The molecule has 0 radical (unpaired) electrons. The lowest BCUT2D eigenvalue weighted by Crippen LogP contribution is -2.39. The smallest absolute Gasteiger partial charge is 0.272 e. The van der Waals surface area contributed by atoms with E-state index in [1.807, 2.05) is 11.1 Å². The Morgan fingerprint density at radius 3 is 2.85 bits per heavy atom. The molecule has 0 aliphatic carbocycles. The Morgan fingerprint density at radius 2 is 2.07 bits per heavy atom. The number of nitrogens with one attached hydrogen (secondary N) is 1. The van der Waals surface area contributed by atoms with Crippen molar-refractivity contribution in [1.82, 2.24) is 20.1 Å². The van der Waals surface area contributed by atoms with Crippen molar-refractivity contribution in [3.63, 3.8) is 0 Å². The van der Waals surface area contributed by atoms with Gasteiger partial charge in [-0.25, -0.2) is 0 Å². The van der Waals surface area contributed by atoms with Gasteiger partial charge in [0.1, 0.15) is 5.69 Å². The summed E-state index contributed by atoms with van der Waals surface area (Å²) in [6.07, 6.45) is 5.43. The Hall–Kier alpha value is -3.15. The number of nitrogens with zero attached hydrogens (tertiary/aromatic N) is 3. The number of rotatable bonds is 3. The number of hydrogen-bond donors (Lipinski definition) is 2. The molecular weight excluding hydrogens is 338 g/mol. The maximum Gasteiger partial charge on any atom is 0.272 e. The Bertz CT molecular complexity index is 947. The zero-order valence-electron chi connectivity index (χ0n) is 15.4. The highest BCUT2D eigenvalue weighted by Gasteiger charge is 2.28. The molecule has 0 saturated carbocycles.